The molecule has 0 unspecified atom stereocenters. The maximum atomic E-state index is 14.0. The molecule has 4 nitrogen and oxygen atoms in total. The van der Waals surface area contributed by atoms with Gasteiger partial charge in [-0.3, -0.25) is 4.79 Å². The highest BCUT2D eigenvalue weighted by atomic mass is 19.4. The molecular formula is C15H17F5N2O2. The number of benzene rings is 1. The zero-order valence-corrected chi connectivity index (χ0v) is 12.7. The van der Waals surface area contributed by atoms with Gasteiger partial charge in [-0.15, -0.1) is 0 Å². The maximum Gasteiger partial charge on any atom is 0.416 e. The summed E-state index contributed by atoms with van der Waals surface area (Å²) in [4.78, 5) is 12.9. The first-order valence-electron chi connectivity index (χ1n) is 7.28. The topological polar surface area (TPSA) is 66.6 Å². The number of aliphatic hydroxyl groups excluding tert-OH is 1. The second-order valence-corrected chi connectivity index (χ2v) is 5.88. The Hall–Kier alpha value is -1.74. The van der Waals surface area contributed by atoms with Crippen molar-refractivity contribution in [2.75, 3.05) is 6.54 Å². The molecule has 0 radical (unpaired) electrons. The van der Waals surface area contributed by atoms with Crippen molar-refractivity contribution in [3.8, 4) is 0 Å². The number of piperidine rings is 1. The summed E-state index contributed by atoms with van der Waals surface area (Å²) in [5.74, 6) is -3.76. The van der Waals surface area contributed by atoms with Crippen molar-refractivity contribution in [3.63, 3.8) is 0 Å². The molecule has 0 spiro atoms. The Kier molecular flexibility index (Phi) is 5.14. The van der Waals surface area contributed by atoms with E-state index in [1.165, 1.54) is 19.1 Å². The van der Waals surface area contributed by atoms with E-state index < -0.39 is 54.4 Å². The molecule has 1 fully saturated rings. The summed E-state index contributed by atoms with van der Waals surface area (Å²) in [5.41, 5.74) is 5.60. The van der Waals surface area contributed by atoms with Gasteiger partial charge in [0.1, 0.15) is 0 Å². The van der Waals surface area contributed by atoms with Gasteiger partial charge in [0.05, 0.1) is 12.6 Å². The number of nitrogens with zero attached hydrogens (tertiary/aromatic N) is 1. The number of aliphatic hydroxyl groups is 1. The van der Waals surface area contributed by atoms with Crippen molar-refractivity contribution in [3.05, 3.63) is 35.4 Å². The van der Waals surface area contributed by atoms with Crippen LogP contribution in [0.15, 0.2) is 18.2 Å². The van der Waals surface area contributed by atoms with E-state index in [0.29, 0.717) is 0 Å². The molecule has 2 rings (SSSR count). The molecule has 1 heterocycles. The molecule has 24 heavy (non-hydrogen) atoms. The molecule has 1 aliphatic heterocycles. The van der Waals surface area contributed by atoms with Crippen LogP contribution >= 0.6 is 0 Å². The van der Waals surface area contributed by atoms with Gasteiger partial charge in [-0.05, 0) is 25.0 Å². The molecule has 1 aromatic rings. The molecule has 1 amide bonds. The summed E-state index contributed by atoms with van der Waals surface area (Å²) in [7, 11) is 0. The molecule has 3 N–H and O–H groups in total. The minimum absolute atomic E-state index is 0.0288. The number of carbonyl (C=O) groups is 1. The van der Waals surface area contributed by atoms with Gasteiger partial charge in [-0.25, -0.2) is 8.78 Å². The van der Waals surface area contributed by atoms with Crippen molar-refractivity contribution in [2.24, 2.45) is 5.73 Å². The van der Waals surface area contributed by atoms with Crippen molar-refractivity contribution >= 4 is 5.91 Å². The van der Waals surface area contributed by atoms with Crippen LogP contribution in [0.3, 0.4) is 0 Å². The average Bonchev–Trinajstić information content (AvgIpc) is 2.49. The number of alkyl halides is 3. The fourth-order valence-corrected chi connectivity index (χ4v) is 2.94. The summed E-state index contributed by atoms with van der Waals surface area (Å²) in [5, 5.41) is 9.22. The second-order valence-electron chi connectivity index (χ2n) is 5.88. The zero-order valence-electron chi connectivity index (χ0n) is 12.7. The quantitative estimate of drug-likeness (QED) is 0.817. The van der Waals surface area contributed by atoms with Crippen molar-refractivity contribution in [1.82, 2.24) is 4.90 Å². The van der Waals surface area contributed by atoms with Gasteiger partial charge >= 0.3 is 6.18 Å². The summed E-state index contributed by atoms with van der Waals surface area (Å²) >= 11 is 0. The Morgan fingerprint density at radius 1 is 1.38 bits per heavy atom. The van der Waals surface area contributed by atoms with Crippen LogP contribution in [0.4, 0.5) is 22.0 Å². The van der Waals surface area contributed by atoms with Crippen LogP contribution in [0.5, 0.6) is 0 Å². The Morgan fingerprint density at radius 3 is 2.58 bits per heavy atom. The molecule has 0 bridgehead atoms. The Labute approximate surface area is 135 Å². The first-order chi connectivity index (χ1) is 11.0. The van der Waals surface area contributed by atoms with Crippen LogP contribution in [0.2, 0.25) is 0 Å². The molecule has 1 aromatic carbocycles. The van der Waals surface area contributed by atoms with E-state index in [1.807, 2.05) is 0 Å². The molecular weight excluding hydrogens is 335 g/mol. The first kappa shape index (κ1) is 18.6. The monoisotopic (exact) mass is 352 g/mol. The van der Waals surface area contributed by atoms with Crippen LogP contribution in [0.1, 0.15) is 24.8 Å². The number of nitrogens with two attached hydrogens (primary N) is 1. The highest BCUT2D eigenvalue weighted by molar-refractivity contribution is 5.83. The first-order valence-corrected chi connectivity index (χ1v) is 7.28. The molecule has 134 valence electrons. The number of rotatable bonds is 3. The highest BCUT2D eigenvalue weighted by Gasteiger charge is 2.45. The largest absolute Gasteiger partial charge is 0.416 e. The fraction of sp³-hybridized carbons (Fsp3) is 0.533. The predicted molar refractivity (Wildman–Crippen MR) is 74.9 cm³/mol. The summed E-state index contributed by atoms with van der Waals surface area (Å²) in [6.45, 7) is 0.409. The number of β-amino-alcohol motifs (C(OH)–C–C–N with tert-alkyl or cyclic N) is 1. The van der Waals surface area contributed by atoms with E-state index in [1.54, 1.807) is 0 Å². The summed E-state index contributed by atoms with van der Waals surface area (Å²) in [6, 6.07) is 1.46. The number of hydrogen-bond donors (Lipinski definition) is 2. The summed E-state index contributed by atoms with van der Waals surface area (Å²) in [6.07, 6.45) is -7.67. The Balaban J connectivity index is 2.32. The van der Waals surface area contributed by atoms with Gasteiger partial charge in [-0.1, -0.05) is 12.1 Å². The minimum atomic E-state index is -4.90. The van der Waals surface area contributed by atoms with Crippen LogP contribution < -0.4 is 5.73 Å². The standard InChI is InChI=1S/C15H17F5N2O2/c1-7-9(8-3-2-4-10(16)13(8)17)5-11(21)14(24)22(7)6-12(23)15(18,19)20/h2-4,7,9,11-12,23H,5-6,21H2,1H3/t7-,9-,11+,12+/m1/s1. The predicted octanol–water partition coefficient (Wildman–Crippen LogP) is 1.92. The SMILES string of the molecule is C[C@@H]1[C@H](c2cccc(F)c2F)C[C@H](N)C(=O)N1C[C@H](O)C(F)(F)F. The van der Waals surface area contributed by atoms with E-state index >= 15 is 0 Å². The highest BCUT2D eigenvalue weighted by Crippen LogP contribution is 2.35. The lowest BCUT2D eigenvalue weighted by Crippen LogP contribution is -2.58. The van der Waals surface area contributed by atoms with Crippen LogP contribution in [-0.4, -0.2) is 46.8 Å². The normalized spacial score (nSPS) is 26.6. The number of hydrogen-bond acceptors (Lipinski definition) is 3. The van der Waals surface area contributed by atoms with Gasteiger partial charge in [0.25, 0.3) is 0 Å². The van der Waals surface area contributed by atoms with E-state index in [-0.39, 0.29) is 12.0 Å². The van der Waals surface area contributed by atoms with Crippen LogP contribution in [-0.2, 0) is 4.79 Å². The second kappa shape index (κ2) is 6.64. The third kappa shape index (κ3) is 3.51. The molecule has 0 aliphatic carbocycles. The van der Waals surface area contributed by atoms with Crippen molar-refractivity contribution < 1.29 is 31.9 Å². The lowest BCUT2D eigenvalue weighted by atomic mass is 9.81. The third-order valence-electron chi connectivity index (χ3n) is 4.31. The number of amides is 1. The molecule has 0 aromatic heterocycles. The number of likely N-dealkylation sites (tertiary alicyclic amines) is 1. The van der Waals surface area contributed by atoms with Gasteiger partial charge in [-0.2, -0.15) is 13.2 Å². The van der Waals surface area contributed by atoms with Gasteiger partial charge in [0, 0.05) is 12.0 Å². The molecule has 1 saturated heterocycles. The molecule has 9 heteroatoms. The maximum absolute atomic E-state index is 14.0. The fourth-order valence-electron chi connectivity index (χ4n) is 2.94. The lowest BCUT2D eigenvalue weighted by Gasteiger charge is -2.43. The van der Waals surface area contributed by atoms with Gasteiger partial charge in [0.15, 0.2) is 17.7 Å². The third-order valence-corrected chi connectivity index (χ3v) is 4.31. The molecule has 1 aliphatic rings. The lowest BCUT2D eigenvalue weighted by molar-refractivity contribution is -0.210. The van der Waals surface area contributed by atoms with E-state index in [4.69, 9.17) is 5.73 Å². The van der Waals surface area contributed by atoms with Crippen molar-refractivity contribution in [2.45, 2.75) is 43.6 Å². The Bertz CT molecular complexity index is 622. The summed E-state index contributed by atoms with van der Waals surface area (Å²) < 4.78 is 65.1. The van der Waals surface area contributed by atoms with E-state index in [9.17, 15) is 31.9 Å². The van der Waals surface area contributed by atoms with Gasteiger partial charge < -0.3 is 15.7 Å². The number of carbonyl (C=O) groups excluding carboxylic acids is 1. The van der Waals surface area contributed by atoms with E-state index in [2.05, 4.69) is 0 Å². The molecule has 0 saturated carbocycles. The van der Waals surface area contributed by atoms with E-state index in [0.717, 1.165) is 11.0 Å². The van der Waals surface area contributed by atoms with Crippen LogP contribution in [0.25, 0.3) is 0 Å². The Morgan fingerprint density at radius 2 is 2.00 bits per heavy atom. The zero-order chi connectivity index (χ0) is 18.2. The molecule has 4 atom stereocenters. The van der Waals surface area contributed by atoms with Crippen molar-refractivity contribution in [1.29, 1.82) is 0 Å². The van der Waals surface area contributed by atoms with Crippen LogP contribution in [0, 0.1) is 11.6 Å². The average molecular weight is 352 g/mol. The minimum Gasteiger partial charge on any atom is -0.382 e. The smallest absolute Gasteiger partial charge is 0.382 e. The number of halogens is 5. The van der Waals surface area contributed by atoms with Gasteiger partial charge in [0.2, 0.25) is 5.91 Å².